The molecule has 1 aromatic rings. The number of halogens is 1. The maximum Gasteiger partial charge on any atom is 0.238 e. The van der Waals surface area contributed by atoms with Crippen LogP contribution in [0.15, 0.2) is 35.2 Å². The molecule has 0 aliphatic carbocycles. The third-order valence-corrected chi connectivity index (χ3v) is 2.62. The molecule has 4 nitrogen and oxygen atoms in total. The molecule has 0 bridgehead atoms. The number of nitrogens with two attached hydrogens (primary N) is 1. The van der Waals surface area contributed by atoms with E-state index in [1.807, 2.05) is 0 Å². The second-order valence-corrected chi connectivity index (χ2v) is 4.94. The summed E-state index contributed by atoms with van der Waals surface area (Å²) in [7, 11) is -3.89. The highest BCUT2D eigenvalue weighted by molar-refractivity contribution is 7.89. The van der Waals surface area contributed by atoms with Crippen molar-refractivity contribution < 1.29 is 17.5 Å². The van der Waals surface area contributed by atoms with E-state index in [0.29, 0.717) is 0 Å². The minimum absolute atomic E-state index is 0.0320. The predicted octanol–water partition coefficient (Wildman–Crippen LogP) is 1.43. The van der Waals surface area contributed by atoms with Gasteiger partial charge in [-0.2, -0.15) is 0 Å². The van der Waals surface area contributed by atoms with Gasteiger partial charge in [-0.15, -0.1) is 0 Å². The molecule has 1 rings (SSSR count). The number of sulfonamides is 1. The highest BCUT2D eigenvalue weighted by atomic mass is 32.2. The summed E-state index contributed by atoms with van der Waals surface area (Å²) >= 11 is 0. The SMILES string of the molecule is C=C(C)COc1ccc(S(N)(=O)=O)cc1F. The maximum atomic E-state index is 13.4. The fourth-order valence-electron chi connectivity index (χ4n) is 0.977. The summed E-state index contributed by atoms with van der Waals surface area (Å²) in [6, 6.07) is 3.23. The first-order valence-electron chi connectivity index (χ1n) is 4.40. The maximum absolute atomic E-state index is 13.4. The molecule has 6 heteroatoms. The van der Waals surface area contributed by atoms with E-state index in [4.69, 9.17) is 9.88 Å². The molecule has 0 atom stereocenters. The van der Waals surface area contributed by atoms with Gasteiger partial charge in [-0.1, -0.05) is 6.58 Å². The van der Waals surface area contributed by atoms with Gasteiger partial charge >= 0.3 is 0 Å². The summed E-state index contributed by atoms with van der Waals surface area (Å²) in [4.78, 5) is -0.285. The van der Waals surface area contributed by atoms with Crippen LogP contribution in [0.5, 0.6) is 5.75 Å². The topological polar surface area (TPSA) is 69.4 Å². The van der Waals surface area contributed by atoms with Crippen molar-refractivity contribution >= 4 is 10.0 Å². The lowest BCUT2D eigenvalue weighted by Gasteiger charge is -2.07. The van der Waals surface area contributed by atoms with E-state index in [2.05, 4.69) is 6.58 Å². The van der Waals surface area contributed by atoms with E-state index in [1.165, 1.54) is 12.1 Å². The molecule has 16 heavy (non-hydrogen) atoms. The van der Waals surface area contributed by atoms with Gasteiger partial charge in [-0.05, 0) is 30.7 Å². The van der Waals surface area contributed by atoms with Gasteiger partial charge in [0.15, 0.2) is 11.6 Å². The van der Waals surface area contributed by atoms with E-state index in [0.717, 1.165) is 11.6 Å². The minimum Gasteiger partial charge on any atom is -0.486 e. The Morgan fingerprint density at radius 1 is 1.56 bits per heavy atom. The van der Waals surface area contributed by atoms with Crippen LogP contribution < -0.4 is 9.88 Å². The van der Waals surface area contributed by atoms with E-state index in [1.54, 1.807) is 6.92 Å². The van der Waals surface area contributed by atoms with E-state index < -0.39 is 15.8 Å². The van der Waals surface area contributed by atoms with Gasteiger partial charge in [0.05, 0.1) is 4.90 Å². The molecule has 0 aliphatic heterocycles. The number of hydrogen-bond acceptors (Lipinski definition) is 3. The smallest absolute Gasteiger partial charge is 0.238 e. The largest absolute Gasteiger partial charge is 0.486 e. The first-order valence-corrected chi connectivity index (χ1v) is 5.95. The van der Waals surface area contributed by atoms with Crippen molar-refractivity contribution in [2.75, 3.05) is 6.61 Å². The molecule has 0 unspecified atom stereocenters. The summed E-state index contributed by atoms with van der Waals surface area (Å²) in [5.74, 6) is -0.803. The molecule has 0 saturated carbocycles. The van der Waals surface area contributed by atoms with Crippen LogP contribution in [0.2, 0.25) is 0 Å². The molecule has 1 aromatic carbocycles. The molecular formula is C10H12FNO3S. The number of benzene rings is 1. The van der Waals surface area contributed by atoms with E-state index in [9.17, 15) is 12.8 Å². The zero-order valence-electron chi connectivity index (χ0n) is 8.73. The first kappa shape index (κ1) is 12.7. The fraction of sp³-hybridized carbons (Fsp3) is 0.200. The molecule has 0 saturated heterocycles. The molecule has 0 aliphatic rings. The van der Waals surface area contributed by atoms with E-state index >= 15 is 0 Å². The number of primary sulfonamides is 1. The van der Waals surface area contributed by atoms with Crippen molar-refractivity contribution in [3.05, 3.63) is 36.2 Å². The van der Waals surface area contributed by atoms with Crippen molar-refractivity contribution in [2.24, 2.45) is 5.14 Å². The zero-order valence-corrected chi connectivity index (χ0v) is 9.55. The van der Waals surface area contributed by atoms with Gasteiger partial charge in [-0.25, -0.2) is 17.9 Å². The molecule has 0 aromatic heterocycles. The van der Waals surface area contributed by atoms with Gasteiger partial charge in [0.25, 0.3) is 0 Å². The van der Waals surface area contributed by atoms with Crippen LogP contribution in [-0.2, 0) is 10.0 Å². The van der Waals surface area contributed by atoms with Crippen molar-refractivity contribution in [1.29, 1.82) is 0 Å². The second kappa shape index (κ2) is 4.63. The Morgan fingerprint density at radius 3 is 2.62 bits per heavy atom. The van der Waals surface area contributed by atoms with Gasteiger partial charge in [-0.3, -0.25) is 0 Å². The van der Waals surface area contributed by atoms with E-state index in [-0.39, 0.29) is 17.3 Å². The summed E-state index contributed by atoms with van der Waals surface area (Å²) in [6.45, 7) is 5.50. The molecule has 0 fully saturated rings. The average Bonchev–Trinajstić information content (AvgIpc) is 2.14. The predicted molar refractivity (Wildman–Crippen MR) is 58.1 cm³/mol. The number of ether oxygens (including phenoxy) is 1. The Labute approximate surface area is 93.6 Å². The van der Waals surface area contributed by atoms with Crippen LogP contribution in [0.25, 0.3) is 0 Å². The Balaban J connectivity index is 2.96. The second-order valence-electron chi connectivity index (χ2n) is 3.38. The van der Waals surface area contributed by atoms with Gasteiger partial charge in [0.1, 0.15) is 6.61 Å². The Morgan fingerprint density at radius 2 is 2.19 bits per heavy atom. The molecule has 88 valence electrons. The van der Waals surface area contributed by atoms with Crippen LogP contribution in [0, 0.1) is 5.82 Å². The summed E-state index contributed by atoms with van der Waals surface area (Å²) in [6.07, 6.45) is 0. The Bertz CT molecular complexity index is 511. The normalized spacial score (nSPS) is 11.2. The summed E-state index contributed by atoms with van der Waals surface area (Å²) < 4.78 is 40.2. The summed E-state index contributed by atoms with van der Waals surface area (Å²) in [5.41, 5.74) is 0.731. The van der Waals surface area contributed by atoms with Gasteiger partial charge in [0.2, 0.25) is 10.0 Å². The fourth-order valence-corrected chi connectivity index (χ4v) is 1.50. The average molecular weight is 245 g/mol. The summed E-state index contributed by atoms with van der Waals surface area (Å²) in [5, 5.41) is 4.85. The molecule has 0 spiro atoms. The van der Waals surface area contributed by atoms with Crippen LogP contribution in [0.1, 0.15) is 6.92 Å². The standard InChI is InChI=1S/C10H12FNO3S/c1-7(2)6-15-10-4-3-8(5-9(10)11)16(12,13)14/h3-5H,1,6H2,2H3,(H2,12,13,14). The minimum atomic E-state index is -3.89. The van der Waals surface area contributed by atoms with Crippen LogP contribution in [0.3, 0.4) is 0 Å². The van der Waals surface area contributed by atoms with Crippen molar-refractivity contribution in [3.63, 3.8) is 0 Å². The van der Waals surface area contributed by atoms with Crippen LogP contribution >= 0.6 is 0 Å². The van der Waals surface area contributed by atoms with Gasteiger partial charge in [0, 0.05) is 0 Å². The lowest BCUT2D eigenvalue weighted by Crippen LogP contribution is -2.12. The lowest BCUT2D eigenvalue weighted by atomic mass is 10.3. The van der Waals surface area contributed by atoms with Crippen molar-refractivity contribution in [3.8, 4) is 5.75 Å². The third-order valence-electron chi connectivity index (χ3n) is 1.71. The zero-order chi connectivity index (χ0) is 12.3. The Hall–Kier alpha value is -1.40. The third kappa shape index (κ3) is 3.32. The van der Waals surface area contributed by atoms with Crippen LogP contribution in [-0.4, -0.2) is 15.0 Å². The first-order chi connectivity index (χ1) is 7.30. The molecule has 0 heterocycles. The molecule has 0 radical (unpaired) electrons. The lowest BCUT2D eigenvalue weighted by molar-refractivity contribution is 0.332. The van der Waals surface area contributed by atoms with Gasteiger partial charge < -0.3 is 4.74 Å². The van der Waals surface area contributed by atoms with Crippen molar-refractivity contribution in [1.82, 2.24) is 0 Å². The number of hydrogen-bond donors (Lipinski definition) is 1. The highest BCUT2D eigenvalue weighted by Gasteiger charge is 2.12. The van der Waals surface area contributed by atoms with Crippen LogP contribution in [0.4, 0.5) is 4.39 Å². The van der Waals surface area contributed by atoms with Crippen molar-refractivity contribution in [2.45, 2.75) is 11.8 Å². The highest BCUT2D eigenvalue weighted by Crippen LogP contribution is 2.20. The molecule has 0 amide bonds. The quantitative estimate of drug-likeness (QED) is 0.816. The monoisotopic (exact) mass is 245 g/mol. The molecule has 2 N–H and O–H groups in total. The Kier molecular flexibility index (Phi) is 3.66. The number of rotatable bonds is 4. The molecular weight excluding hydrogens is 233 g/mol.